The van der Waals surface area contributed by atoms with Crippen molar-refractivity contribution in [2.24, 2.45) is 0 Å². The summed E-state index contributed by atoms with van der Waals surface area (Å²) in [4.78, 5) is 12.9. The molecule has 31 heavy (non-hydrogen) atoms. The first-order chi connectivity index (χ1) is 14.9. The molecule has 0 fully saturated rings. The summed E-state index contributed by atoms with van der Waals surface area (Å²) in [5.41, 5.74) is 3.05. The molecule has 0 saturated heterocycles. The van der Waals surface area contributed by atoms with Gasteiger partial charge in [-0.25, -0.2) is 12.8 Å². The Morgan fingerprint density at radius 1 is 0.871 bits per heavy atom. The number of sulfonamides is 1. The summed E-state index contributed by atoms with van der Waals surface area (Å²) in [5.74, 6) is -0.989. The maximum absolute atomic E-state index is 13.3. The van der Waals surface area contributed by atoms with Crippen LogP contribution in [0.5, 0.6) is 0 Å². The lowest BCUT2D eigenvalue weighted by Gasteiger charge is -2.24. The maximum Gasteiger partial charge on any atom is 0.264 e. The number of amides is 1. The lowest BCUT2D eigenvalue weighted by atomic mass is 10.0. The largest absolute Gasteiger partial charge is 0.324 e. The number of anilines is 2. The smallest absolute Gasteiger partial charge is 0.264 e. The van der Waals surface area contributed by atoms with E-state index in [1.54, 1.807) is 30.3 Å². The molecule has 0 aliphatic rings. The van der Waals surface area contributed by atoms with E-state index in [2.05, 4.69) is 5.32 Å². The fourth-order valence-electron chi connectivity index (χ4n) is 3.36. The average molecular weight is 441 g/mol. The van der Waals surface area contributed by atoms with Crippen molar-refractivity contribution < 1.29 is 17.6 Å². The summed E-state index contributed by atoms with van der Waals surface area (Å²) < 4.78 is 41.0. The summed E-state index contributed by atoms with van der Waals surface area (Å²) in [6.45, 7) is 3.59. The molecule has 0 aliphatic heterocycles. The van der Waals surface area contributed by atoms with E-state index >= 15 is 0 Å². The predicted molar refractivity (Wildman–Crippen MR) is 121 cm³/mol. The molecule has 0 aromatic heterocycles. The molecule has 1 amide bonds. The molecule has 0 saturated carbocycles. The number of carbonyl (C=O) groups is 1. The average Bonchev–Trinajstić information content (AvgIpc) is 2.78. The molecule has 0 atom stereocenters. The van der Waals surface area contributed by atoms with Gasteiger partial charge in [0.25, 0.3) is 10.0 Å². The molecule has 0 bridgehead atoms. The molecule has 0 aliphatic carbocycles. The highest BCUT2D eigenvalue weighted by Crippen LogP contribution is 2.25. The van der Waals surface area contributed by atoms with Gasteiger partial charge >= 0.3 is 0 Å². The zero-order valence-corrected chi connectivity index (χ0v) is 18.3. The van der Waals surface area contributed by atoms with Crippen molar-refractivity contribution in [1.29, 1.82) is 0 Å². The fourth-order valence-corrected chi connectivity index (χ4v) is 4.78. The Kier molecular flexibility index (Phi) is 7.07. The Labute approximate surface area is 182 Å². The first-order valence-electron chi connectivity index (χ1n) is 10.1. The van der Waals surface area contributed by atoms with Crippen LogP contribution in [0.25, 0.3) is 0 Å². The quantitative estimate of drug-likeness (QED) is 0.548. The topological polar surface area (TPSA) is 66.5 Å². The van der Waals surface area contributed by atoms with Crippen molar-refractivity contribution in [3.05, 3.63) is 89.7 Å². The Morgan fingerprint density at radius 3 is 2.00 bits per heavy atom. The zero-order chi connectivity index (χ0) is 22.4. The molecular formula is C24H25FN2O3S. The molecule has 3 aromatic rings. The molecule has 3 rings (SSSR count). The molecule has 162 valence electrons. The van der Waals surface area contributed by atoms with E-state index in [0.717, 1.165) is 46.1 Å². The van der Waals surface area contributed by atoms with Crippen LogP contribution in [0.3, 0.4) is 0 Å². The number of nitrogens with one attached hydrogen (secondary N) is 1. The van der Waals surface area contributed by atoms with E-state index in [1.165, 1.54) is 12.1 Å². The Morgan fingerprint density at radius 2 is 1.45 bits per heavy atom. The second-order valence-corrected chi connectivity index (χ2v) is 8.87. The van der Waals surface area contributed by atoms with Gasteiger partial charge in [-0.15, -0.1) is 0 Å². The zero-order valence-electron chi connectivity index (χ0n) is 17.5. The van der Waals surface area contributed by atoms with Gasteiger partial charge in [0.2, 0.25) is 5.91 Å². The molecule has 0 radical (unpaired) electrons. The highest BCUT2D eigenvalue weighted by Gasteiger charge is 2.27. The number of hydrogen-bond acceptors (Lipinski definition) is 3. The van der Waals surface area contributed by atoms with E-state index in [1.807, 2.05) is 32.0 Å². The van der Waals surface area contributed by atoms with E-state index in [0.29, 0.717) is 5.69 Å². The third kappa shape index (κ3) is 5.11. The monoisotopic (exact) mass is 440 g/mol. The van der Waals surface area contributed by atoms with E-state index in [9.17, 15) is 17.6 Å². The summed E-state index contributed by atoms with van der Waals surface area (Å²) in [7, 11) is -4.08. The number of aryl methyl sites for hydroxylation is 2. The van der Waals surface area contributed by atoms with Gasteiger partial charge in [-0.2, -0.15) is 0 Å². The van der Waals surface area contributed by atoms with E-state index < -0.39 is 28.3 Å². The number of carbonyl (C=O) groups excluding carboxylic acids is 1. The van der Waals surface area contributed by atoms with Gasteiger partial charge in [0.1, 0.15) is 12.4 Å². The third-order valence-corrected chi connectivity index (χ3v) is 6.78. The molecule has 7 heteroatoms. The Bertz CT molecular complexity index is 1120. The number of benzene rings is 3. The number of nitrogens with zero attached hydrogens (tertiary/aromatic N) is 1. The number of halogens is 1. The van der Waals surface area contributed by atoms with Crippen LogP contribution in [0.15, 0.2) is 77.7 Å². The Hall–Kier alpha value is -3.19. The number of rotatable bonds is 8. The second-order valence-electron chi connectivity index (χ2n) is 7.01. The van der Waals surface area contributed by atoms with Crippen LogP contribution in [0.1, 0.15) is 25.0 Å². The van der Waals surface area contributed by atoms with Crippen LogP contribution in [0.4, 0.5) is 15.8 Å². The summed E-state index contributed by atoms with van der Waals surface area (Å²) in [5, 5.41) is 2.91. The van der Waals surface area contributed by atoms with Gasteiger partial charge < -0.3 is 5.32 Å². The van der Waals surface area contributed by atoms with Gasteiger partial charge in [-0.1, -0.05) is 50.2 Å². The minimum absolute atomic E-state index is 0.0891. The standard InChI is InChI=1S/C24H25FN2O3S/c1-3-18-9-8-10-19(4-2)24(18)26-23(28)17-27(21-11-6-5-7-12-21)31(29,30)22-15-13-20(25)14-16-22/h5-16H,3-4,17H2,1-2H3,(H,26,28). The minimum Gasteiger partial charge on any atom is -0.324 e. The highest BCUT2D eigenvalue weighted by atomic mass is 32.2. The van der Waals surface area contributed by atoms with E-state index in [4.69, 9.17) is 0 Å². The van der Waals surface area contributed by atoms with Gasteiger partial charge in [0, 0.05) is 5.69 Å². The van der Waals surface area contributed by atoms with Crippen molar-refractivity contribution in [3.8, 4) is 0 Å². The molecule has 0 spiro atoms. The van der Waals surface area contributed by atoms with Crippen LogP contribution in [0, 0.1) is 5.82 Å². The van der Waals surface area contributed by atoms with E-state index in [-0.39, 0.29) is 4.90 Å². The van der Waals surface area contributed by atoms with Gasteiger partial charge in [-0.3, -0.25) is 9.10 Å². The first-order valence-corrected chi connectivity index (χ1v) is 11.5. The van der Waals surface area contributed by atoms with Crippen LogP contribution < -0.4 is 9.62 Å². The van der Waals surface area contributed by atoms with Crippen molar-refractivity contribution in [2.45, 2.75) is 31.6 Å². The summed E-state index contributed by atoms with van der Waals surface area (Å²) in [6, 6.07) is 18.8. The molecule has 3 aromatic carbocycles. The maximum atomic E-state index is 13.3. The third-order valence-electron chi connectivity index (χ3n) is 5.00. The predicted octanol–water partition coefficient (Wildman–Crippen LogP) is 4.78. The van der Waals surface area contributed by atoms with Crippen LogP contribution in [-0.4, -0.2) is 20.9 Å². The van der Waals surface area contributed by atoms with Gasteiger partial charge in [0.15, 0.2) is 0 Å². The Balaban J connectivity index is 1.95. The van der Waals surface area contributed by atoms with Crippen molar-refractivity contribution in [3.63, 3.8) is 0 Å². The van der Waals surface area contributed by atoms with Crippen molar-refractivity contribution in [1.82, 2.24) is 0 Å². The highest BCUT2D eigenvalue weighted by molar-refractivity contribution is 7.92. The first kappa shape index (κ1) is 22.5. The van der Waals surface area contributed by atoms with Crippen LogP contribution in [0.2, 0.25) is 0 Å². The van der Waals surface area contributed by atoms with Gasteiger partial charge in [0.05, 0.1) is 10.6 Å². The SMILES string of the molecule is CCc1cccc(CC)c1NC(=O)CN(c1ccccc1)S(=O)(=O)c1ccc(F)cc1. The van der Waals surface area contributed by atoms with Crippen molar-refractivity contribution in [2.75, 3.05) is 16.2 Å². The summed E-state index contributed by atoms with van der Waals surface area (Å²) >= 11 is 0. The molecule has 0 unspecified atom stereocenters. The van der Waals surface area contributed by atoms with Crippen LogP contribution in [-0.2, 0) is 27.7 Å². The minimum atomic E-state index is -4.08. The second kappa shape index (κ2) is 9.75. The van der Waals surface area contributed by atoms with Crippen molar-refractivity contribution >= 4 is 27.3 Å². The summed E-state index contributed by atoms with van der Waals surface area (Å²) in [6.07, 6.45) is 1.47. The lowest BCUT2D eigenvalue weighted by molar-refractivity contribution is -0.114. The molecule has 0 heterocycles. The molecular weight excluding hydrogens is 415 g/mol. The van der Waals surface area contributed by atoms with Gasteiger partial charge in [-0.05, 0) is 60.4 Å². The van der Waals surface area contributed by atoms with Crippen LogP contribution >= 0.6 is 0 Å². The lowest BCUT2D eigenvalue weighted by Crippen LogP contribution is -2.38. The molecule has 5 nitrogen and oxygen atoms in total. The number of hydrogen-bond donors (Lipinski definition) is 1. The molecule has 1 N–H and O–H groups in total. The normalized spacial score (nSPS) is 11.2. The number of para-hydroxylation sites is 2. The fraction of sp³-hybridized carbons (Fsp3) is 0.208.